The van der Waals surface area contributed by atoms with Gasteiger partial charge in [-0.15, -0.1) is 0 Å². The summed E-state index contributed by atoms with van der Waals surface area (Å²) in [5.41, 5.74) is -1.28. The molecule has 1 aromatic heterocycles. The zero-order valence-corrected chi connectivity index (χ0v) is 11.3. The molecule has 1 atom stereocenters. The molecule has 0 radical (unpaired) electrons. The molecule has 0 saturated heterocycles. The number of aromatic nitrogens is 3. The highest BCUT2D eigenvalue weighted by Gasteiger charge is 2.32. The number of carboxylic acid groups (broad SMARTS) is 1. The van der Waals surface area contributed by atoms with Crippen molar-refractivity contribution in [2.45, 2.75) is 45.8 Å². The average molecular weight is 269 g/mol. The molecule has 0 aliphatic rings. The summed E-state index contributed by atoms with van der Waals surface area (Å²) in [7, 11) is 0. The monoisotopic (exact) mass is 269 g/mol. The van der Waals surface area contributed by atoms with Crippen LogP contribution in [-0.4, -0.2) is 37.4 Å². The van der Waals surface area contributed by atoms with E-state index in [2.05, 4.69) is 20.7 Å². The van der Waals surface area contributed by atoms with Crippen LogP contribution in [-0.2, 0) is 17.9 Å². The van der Waals surface area contributed by atoms with E-state index in [4.69, 9.17) is 5.11 Å². The van der Waals surface area contributed by atoms with Crippen LogP contribution in [0.5, 0.6) is 0 Å². The van der Waals surface area contributed by atoms with Gasteiger partial charge in [-0.05, 0) is 20.3 Å². The number of carbonyl (C=O) groups is 2. The number of urea groups is 1. The molecule has 8 nitrogen and oxygen atoms in total. The van der Waals surface area contributed by atoms with Gasteiger partial charge < -0.3 is 15.7 Å². The quantitative estimate of drug-likeness (QED) is 0.690. The van der Waals surface area contributed by atoms with Crippen molar-refractivity contribution in [1.29, 1.82) is 0 Å². The van der Waals surface area contributed by atoms with Gasteiger partial charge in [0.2, 0.25) is 0 Å². The van der Waals surface area contributed by atoms with E-state index in [0.717, 1.165) is 0 Å². The van der Waals surface area contributed by atoms with Crippen LogP contribution in [0, 0.1) is 0 Å². The Kier molecular flexibility index (Phi) is 4.85. The van der Waals surface area contributed by atoms with Gasteiger partial charge in [0.1, 0.15) is 17.7 Å². The Morgan fingerprint density at radius 1 is 1.47 bits per heavy atom. The van der Waals surface area contributed by atoms with Gasteiger partial charge in [0.25, 0.3) is 0 Å². The second-order valence-electron chi connectivity index (χ2n) is 4.29. The molecule has 2 amide bonds. The maximum Gasteiger partial charge on any atom is 0.329 e. The summed E-state index contributed by atoms with van der Waals surface area (Å²) in [5, 5.41) is 18.0. The van der Waals surface area contributed by atoms with Crippen LogP contribution < -0.4 is 10.6 Å². The fourth-order valence-electron chi connectivity index (χ4n) is 1.44. The minimum Gasteiger partial charge on any atom is -0.480 e. The van der Waals surface area contributed by atoms with E-state index in [0.29, 0.717) is 18.8 Å². The van der Waals surface area contributed by atoms with Gasteiger partial charge >= 0.3 is 12.0 Å². The molecule has 0 aromatic carbocycles. The zero-order valence-electron chi connectivity index (χ0n) is 11.3. The SMILES string of the molecule is CCn1ncnc1CNC(=O)NC(C)(CC)C(=O)O. The summed E-state index contributed by atoms with van der Waals surface area (Å²) < 4.78 is 1.65. The first kappa shape index (κ1) is 14.9. The second kappa shape index (κ2) is 6.17. The second-order valence-corrected chi connectivity index (χ2v) is 4.29. The Morgan fingerprint density at radius 3 is 2.68 bits per heavy atom. The normalized spacial score (nSPS) is 13.6. The molecule has 19 heavy (non-hydrogen) atoms. The van der Waals surface area contributed by atoms with Crippen LogP contribution in [0.4, 0.5) is 4.79 Å². The third kappa shape index (κ3) is 3.67. The lowest BCUT2D eigenvalue weighted by molar-refractivity contribution is -0.143. The highest BCUT2D eigenvalue weighted by Crippen LogP contribution is 2.08. The number of carbonyl (C=O) groups excluding carboxylic acids is 1. The smallest absolute Gasteiger partial charge is 0.329 e. The standard InChI is InChI=1S/C11H19N5O3/c1-4-11(3,9(17)18)15-10(19)12-6-8-13-7-14-16(8)5-2/h7H,4-6H2,1-3H3,(H,17,18)(H2,12,15,19). The van der Waals surface area contributed by atoms with Crippen molar-refractivity contribution in [3.63, 3.8) is 0 Å². The molecule has 0 spiro atoms. The van der Waals surface area contributed by atoms with Gasteiger partial charge in [0, 0.05) is 6.54 Å². The first-order chi connectivity index (χ1) is 8.92. The molecule has 1 rings (SSSR count). The summed E-state index contributed by atoms with van der Waals surface area (Å²) >= 11 is 0. The summed E-state index contributed by atoms with van der Waals surface area (Å²) in [6.45, 7) is 5.92. The maximum absolute atomic E-state index is 11.7. The molecular weight excluding hydrogens is 250 g/mol. The predicted molar refractivity (Wildman–Crippen MR) is 67.4 cm³/mol. The molecule has 0 saturated carbocycles. The Bertz CT molecular complexity index is 459. The summed E-state index contributed by atoms with van der Waals surface area (Å²) in [6, 6.07) is -0.544. The largest absolute Gasteiger partial charge is 0.480 e. The van der Waals surface area contributed by atoms with E-state index in [1.807, 2.05) is 6.92 Å². The highest BCUT2D eigenvalue weighted by molar-refractivity contribution is 5.85. The molecule has 0 bridgehead atoms. The van der Waals surface area contributed by atoms with Crippen molar-refractivity contribution in [2.24, 2.45) is 0 Å². The Balaban J connectivity index is 2.55. The van der Waals surface area contributed by atoms with Gasteiger partial charge in [-0.3, -0.25) is 0 Å². The Morgan fingerprint density at radius 2 is 2.16 bits per heavy atom. The molecule has 0 aliphatic carbocycles. The van der Waals surface area contributed by atoms with E-state index in [1.54, 1.807) is 11.6 Å². The average Bonchev–Trinajstić information content (AvgIpc) is 2.83. The van der Waals surface area contributed by atoms with E-state index in [-0.39, 0.29) is 6.54 Å². The van der Waals surface area contributed by atoms with Crippen molar-refractivity contribution in [3.8, 4) is 0 Å². The first-order valence-electron chi connectivity index (χ1n) is 6.09. The van der Waals surface area contributed by atoms with Crippen LogP contribution in [0.3, 0.4) is 0 Å². The number of aliphatic carboxylic acids is 1. The van der Waals surface area contributed by atoms with E-state index in [9.17, 15) is 9.59 Å². The number of nitrogens with zero attached hydrogens (tertiary/aromatic N) is 3. The van der Waals surface area contributed by atoms with E-state index >= 15 is 0 Å². The number of nitrogens with one attached hydrogen (secondary N) is 2. The molecule has 1 unspecified atom stereocenters. The van der Waals surface area contributed by atoms with Gasteiger partial charge in [-0.1, -0.05) is 6.92 Å². The van der Waals surface area contributed by atoms with E-state index in [1.165, 1.54) is 13.3 Å². The fraction of sp³-hybridized carbons (Fsp3) is 0.636. The van der Waals surface area contributed by atoms with Crippen molar-refractivity contribution in [3.05, 3.63) is 12.2 Å². The fourth-order valence-corrected chi connectivity index (χ4v) is 1.44. The molecule has 106 valence electrons. The van der Waals surface area contributed by atoms with Crippen molar-refractivity contribution >= 4 is 12.0 Å². The third-order valence-electron chi connectivity index (χ3n) is 2.97. The van der Waals surface area contributed by atoms with Gasteiger partial charge in [-0.25, -0.2) is 19.3 Å². The van der Waals surface area contributed by atoms with Gasteiger partial charge in [0.05, 0.1) is 6.54 Å². The van der Waals surface area contributed by atoms with Crippen molar-refractivity contribution in [1.82, 2.24) is 25.4 Å². The molecule has 1 aromatic rings. The number of hydrogen-bond donors (Lipinski definition) is 3. The topological polar surface area (TPSA) is 109 Å². The van der Waals surface area contributed by atoms with Crippen molar-refractivity contribution in [2.75, 3.05) is 0 Å². The summed E-state index contributed by atoms with van der Waals surface area (Å²) in [4.78, 5) is 26.7. The van der Waals surface area contributed by atoms with Crippen LogP contribution in [0.15, 0.2) is 6.33 Å². The Hall–Kier alpha value is -2.12. The number of aryl methyl sites for hydroxylation is 1. The van der Waals surface area contributed by atoms with Gasteiger partial charge in [-0.2, -0.15) is 5.10 Å². The molecule has 1 heterocycles. The minimum absolute atomic E-state index is 0.194. The predicted octanol–water partition coefficient (Wildman–Crippen LogP) is 0.350. The van der Waals surface area contributed by atoms with Crippen LogP contribution >= 0.6 is 0 Å². The van der Waals surface area contributed by atoms with Crippen LogP contribution in [0.2, 0.25) is 0 Å². The number of amides is 2. The highest BCUT2D eigenvalue weighted by atomic mass is 16.4. The number of rotatable bonds is 6. The lowest BCUT2D eigenvalue weighted by atomic mass is 10.00. The van der Waals surface area contributed by atoms with Gasteiger partial charge in [0.15, 0.2) is 0 Å². The van der Waals surface area contributed by atoms with Crippen molar-refractivity contribution < 1.29 is 14.7 Å². The van der Waals surface area contributed by atoms with Crippen LogP contribution in [0.1, 0.15) is 33.0 Å². The number of carboxylic acids is 1. The minimum atomic E-state index is -1.28. The lowest BCUT2D eigenvalue weighted by Gasteiger charge is -2.24. The molecule has 8 heteroatoms. The molecule has 3 N–H and O–H groups in total. The Labute approximate surface area is 111 Å². The number of hydrogen-bond acceptors (Lipinski definition) is 4. The van der Waals surface area contributed by atoms with Crippen LogP contribution in [0.25, 0.3) is 0 Å². The summed E-state index contributed by atoms with van der Waals surface area (Å²) in [5.74, 6) is -0.451. The van der Waals surface area contributed by atoms with E-state index < -0.39 is 17.5 Å². The molecular formula is C11H19N5O3. The lowest BCUT2D eigenvalue weighted by Crippen LogP contribution is -2.54. The first-order valence-corrected chi connectivity index (χ1v) is 6.09. The maximum atomic E-state index is 11.7. The molecule has 0 aliphatic heterocycles. The summed E-state index contributed by atoms with van der Waals surface area (Å²) in [6.07, 6.45) is 1.70. The molecule has 0 fully saturated rings. The zero-order chi connectivity index (χ0) is 14.5. The third-order valence-corrected chi connectivity index (χ3v) is 2.97.